The molecule has 0 heterocycles. The van der Waals surface area contributed by atoms with E-state index in [1.54, 1.807) is 11.8 Å². The van der Waals surface area contributed by atoms with E-state index in [1.807, 2.05) is 66.7 Å². The topological polar surface area (TPSA) is 58.6 Å². The lowest BCUT2D eigenvalue weighted by Crippen LogP contribution is -2.50. The van der Waals surface area contributed by atoms with Gasteiger partial charge in [-0.2, -0.15) is 0 Å². The van der Waals surface area contributed by atoms with Crippen LogP contribution in [0.15, 0.2) is 71.2 Å². The fourth-order valence-electron chi connectivity index (χ4n) is 4.31. The van der Waals surface area contributed by atoms with Crippen molar-refractivity contribution in [1.82, 2.24) is 10.2 Å². The van der Waals surface area contributed by atoms with Gasteiger partial charge in [-0.3, -0.25) is 9.59 Å². The fraction of sp³-hybridized carbons (Fsp3) is 0.333. The van der Waals surface area contributed by atoms with Crippen molar-refractivity contribution < 1.29 is 14.3 Å². The van der Waals surface area contributed by atoms with Gasteiger partial charge in [0.05, 0.1) is 0 Å². The molecule has 6 heteroatoms. The molecule has 0 unspecified atom stereocenters. The highest BCUT2D eigenvalue weighted by atomic mass is 79.9. The number of amides is 2. The molecule has 1 N–H and O–H groups in total. The summed E-state index contributed by atoms with van der Waals surface area (Å²) in [5.41, 5.74) is 0.956. The molecule has 1 fully saturated rings. The molecule has 5 nitrogen and oxygen atoms in total. The van der Waals surface area contributed by atoms with Gasteiger partial charge in [0.2, 0.25) is 5.91 Å². The van der Waals surface area contributed by atoms with Gasteiger partial charge in [-0.25, -0.2) is 0 Å². The third-order valence-electron chi connectivity index (χ3n) is 6.24. The Morgan fingerprint density at radius 1 is 1.03 bits per heavy atom. The Hall–Kier alpha value is -2.86. The minimum atomic E-state index is -0.599. The number of ether oxygens (including phenoxy) is 1. The van der Waals surface area contributed by atoms with Crippen LogP contribution in [0, 0.1) is 0 Å². The summed E-state index contributed by atoms with van der Waals surface area (Å²) in [6, 6.07) is 21.1. The normalized spacial score (nSPS) is 14.7. The number of halogens is 1. The van der Waals surface area contributed by atoms with Crippen molar-refractivity contribution in [2.75, 3.05) is 6.61 Å². The molecule has 2 amide bonds. The van der Waals surface area contributed by atoms with Crippen LogP contribution in [-0.4, -0.2) is 35.4 Å². The van der Waals surface area contributed by atoms with Crippen LogP contribution in [0.4, 0.5) is 0 Å². The second-order valence-electron chi connectivity index (χ2n) is 8.58. The first-order valence-corrected chi connectivity index (χ1v) is 12.3. The first-order valence-electron chi connectivity index (χ1n) is 11.5. The van der Waals surface area contributed by atoms with Gasteiger partial charge < -0.3 is 15.0 Å². The number of hydrogen-bond donors (Lipinski definition) is 1. The molecule has 3 aromatic rings. The zero-order valence-electron chi connectivity index (χ0n) is 18.8. The molecule has 1 atom stereocenters. The predicted molar refractivity (Wildman–Crippen MR) is 134 cm³/mol. The molecule has 0 radical (unpaired) electrons. The van der Waals surface area contributed by atoms with E-state index in [2.05, 4.69) is 21.2 Å². The highest BCUT2D eigenvalue weighted by molar-refractivity contribution is 9.10. The van der Waals surface area contributed by atoms with Gasteiger partial charge >= 0.3 is 0 Å². The Morgan fingerprint density at radius 3 is 2.48 bits per heavy atom. The predicted octanol–water partition coefficient (Wildman–Crippen LogP) is 5.46. The zero-order chi connectivity index (χ0) is 23.2. The minimum Gasteiger partial charge on any atom is -0.483 e. The number of carbonyl (C=O) groups excluding carboxylic acids is 2. The molecule has 0 bridgehead atoms. The highest BCUT2D eigenvalue weighted by Gasteiger charge is 2.28. The second kappa shape index (κ2) is 10.8. The molecule has 1 saturated carbocycles. The van der Waals surface area contributed by atoms with Crippen LogP contribution in [0.25, 0.3) is 10.8 Å². The third kappa shape index (κ3) is 5.93. The quantitative estimate of drug-likeness (QED) is 0.439. The number of fused-ring (bicyclic) bond motifs is 1. The Labute approximate surface area is 203 Å². The van der Waals surface area contributed by atoms with E-state index in [4.69, 9.17) is 4.74 Å². The number of nitrogens with zero attached hydrogens (tertiary/aromatic N) is 1. The summed E-state index contributed by atoms with van der Waals surface area (Å²) in [5.74, 6) is 0.325. The Kier molecular flexibility index (Phi) is 7.65. The van der Waals surface area contributed by atoms with Gasteiger partial charge in [0.15, 0.2) is 6.61 Å². The second-order valence-corrected chi connectivity index (χ2v) is 9.50. The van der Waals surface area contributed by atoms with E-state index in [0.29, 0.717) is 12.3 Å². The molecule has 3 aromatic carbocycles. The van der Waals surface area contributed by atoms with Crippen LogP contribution < -0.4 is 10.1 Å². The maximum absolute atomic E-state index is 13.3. The van der Waals surface area contributed by atoms with E-state index in [0.717, 1.165) is 46.5 Å². The highest BCUT2D eigenvalue weighted by Crippen LogP contribution is 2.25. The van der Waals surface area contributed by atoms with Gasteiger partial charge in [-0.15, -0.1) is 0 Å². The molecule has 4 rings (SSSR count). The van der Waals surface area contributed by atoms with Crippen molar-refractivity contribution in [3.63, 3.8) is 0 Å². The third-order valence-corrected chi connectivity index (χ3v) is 6.76. The summed E-state index contributed by atoms with van der Waals surface area (Å²) in [4.78, 5) is 27.9. The molecular formula is C27H29BrN2O3. The summed E-state index contributed by atoms with van der Waals surface area (Å²) in [5, 5.41) is 5.14. The largest absolute Gasteiger partial charge is 0.483 e. The van der Waals surface area contributed by atoms with E-state index < -0.39 is 6.04 Å². The summed E-state index contributed by atoms with van der Waals surface area (Å²) in [6.45, 7) is 1.99. The molecule has 172 valence electrons. The van der Waals surface area contributed by atoms with Gasteiger partial charge in [0.1, 0.15) is 11.8 Å². The van der Waals surface area contributed by atoms with E-state index in [1.165, 1.54) is 0 Å². The average molecular weight is 509 g/mol. The van der Waals surface area contributed by atoms with Gasteiger partial charge in [0, 0.05) is 22.4 Å². The summed E-state index contributed by atoms with van der Waals surface area (Å²) in [7, 11) is 0. The van der Waals surface area contributed by atoms with E-state index in [-0.39, 0.29) is 24.5 Å². The van der Waals surface area contributed by atoms with Gasteiger partial charge in [-0.1, -0.05) is 77.3 Å². The van der Waals surface area contributed by atoms with Crippen molar-refractivity contribution in [3.8, 4) is 5.75 Å². The molecular weight excluding hydrogens is 480 g/mol. The lowest BCUT2D eigenvalue weighted by Gasteiger charge is -2.29. The van der Waals surface area contributed by atoms with Crippen LogP contribution in [-0.2, 0) is 16.1 Å². The smallest absolute Gasteiger partial charge is 0.261 e. The first kappa shape index (κ1) is 23.3. The van der Waals surface area contributed by atoms with Crippen molar-refractivity contribution in [1.29, 1.82) is 0 Å². The standard InChI is InChI=1S/C27H29BrN2O3/c1-19(27(32)29-23-9-3-4-10-23)30(17-20-13-15-22(28)16-14-20)26(31)18-33-25-12-6-8-21-7-2-5-11-24(21)25/h2,5-8,11-16,19,23H,3-4,9-10,17-18H2,1H3,(H,29,32)/t19-/m1/s1. The molecule has 1 aliphatic rings. The number of nitrogens with one attached hydrogen (secondary N) is 1. The van der Waals surface area contributed by atoms with Gasteiger partial charge in [0.25, 0.3) is 5.91 Å². The van der Waals surface area contributed by atoms with Crippen LogP contribution in [0.3, 0.4) is 0 Å². The molecule has 0 aliphatic heterocycles. The SMILES string of the molecule is C[C@H](C(=O)NC1CCCC1)N(Cc1ccc(Br)cc1)C(=O)COc1cccc2ccccc12. The molecule has 1 aliphatic carbocycles. The Morgan fingerprint density at radius 2 is 1.73 bits per heavy atom. The van der Waals surface area contributed by atoms with Crippen LogP contribution in [0.2, 0.25) is 0 Å². The maximum Gasteiger partial charge on any atom is 0.261 e. The average Bonchev–Trinajstić information content (AvgIpc) is 3.34. The fourth-order valence-corrected chi connectivity index (χ4v) is 4.57. The van der Waals surface area contributed by atoms with Crippen molar-refractivity contribution in [3.05, 3.63) is 76.8 Å². The zero-order valence-corrected chi connectivity index (χ0v) is 20.4. The number of carbonyl (C=O) groups is 2. The van der Waals surface area contributed by atoms with Crippen molar-refractivity contribution in [2.45, 2.75) is 51.2 Å². The summed E-state index contributed by atoms with van der Waals surface area (Å²) < 4.78 is 6.92. The van der Waals surface area contributed by atoms with Crippen LogP contribution in [0.5, 0.6) is 5.75 Å². The van der Waals surface area contributed by atoms with Crippen molar-refractivity contribution >= 4 is 38.5 Å². The summed E-state index contributed by atoms with van der Waals surface area (Å²) in [6.07, 6.45) is 4.28. The minimum absolute atomic E-state index is 0.113. The van der Waals surface area contributed by atoms with Crippen LogP contribution >= 0.6 is 15.9 Å². The lowest BCUT2D eigenvalue weighted by molar-refractivity contribution is -0.142. The number of benzene rings is 3. The number of rotatable bonds is 8. The molecule has 0 saturated heterocycles. The monoisotopic (exact) mass is 508 g/mol. The van der Waals surface area contributed by atoms with Crippen molar-refractivity contribution in [2.24, 2.45) is 0 Å². The lowest BCUT2D eigenvalue weighted by atomic mass is 10.1. The summed E-state index contributed by atoms with van der Waals surface area (Å²) >= 11 is 3.45. The van der Waals surface area contributed by atoms with Crippen LogP contribution in [0.1, 0.15) is 38.2 Å². The molecule has 33 heavy (non-hydrogen) atoms. The maximum atomic E-state index is 13.3. The molecule has 0 aromatic heterocycles. The molecule has 0 spiro atoms. The Balaban J connectivity index is 1.50. The first-order chi connectivity index (χ1) is 16.0. The van der Waals surface area contributed by atoms with E-state index >= 15 is 0 Å². The van der Waals surface area contributed by atoms with E-state index in [9.17, 15) is 9.59 Å². The number of hydrogen-bond acceptors (Lipinski definition) is 3. The Bertz CT molecular complexity index is 1100. The van der Waals surface area contributed by atoms with Gasteiger partial charge in [-0.05, 0) is 48.9 Å².